The normalized spacial score (nSPS) is 12.1. The topological polar surface area (TPSA) is 23.0 Å². The molecule has 0 spiro atoms. The number of fused-ring (bicyclic) bond motifs is 11. The molecule has 0 unspecified atom stereocenters. The van der Waals surface area contributed by atoms with Crippen molar-refractivity contribution in [3.05, 3.63) is 170 Å². The van der Waals surface area contributed by atoms with Crippen molar-refractivity contribution in [2.45, 2.75) is 0 Å². The van der Waals surface area contributed by atoms with E-state index in [0.717, 1.165) is 49.7 Å². The second-order valence-electron chi connectivity index (χ2n) is 13.0. The molecular formula is C46H28N2O. The van der Waals surface area contributed by atoms with Crippen LogP contribution >= 0.6 is 0 Å². The standard InChI is InChI=1S/C46H28N2O/c1-3-13-33(14-4-1)47-40-24-23-37-36-17-9-10-18-44(36)49-46(37)45(40)39-27-38-35-22-21-32(31-20-19-29-11-7-8-12-30(29)25-31)26-41(35)48(42(38)28-43(39)47)34-15-5-2-6-16-34/h1-28H. The third kappa shape index (κ3) is 3.78. The molecule has 0 saturated carbocycles. The summed E-state index contributed by atoms with van der Waals surface area (Å²) in [6.45, 7) is 0. The molecule has 3 heteroatoms. The number of rotatable bonds is 3. The summed E-state index contributed by atoms with van der Waals surface area (Å²) >= 11 is 0. The third-order valence-corrected chi connectivity index (χ3v) is 10.3. The number of hydrogen-bond donors (Lipinski definition) is 0. The molecule has 3 heterocycles. The van der Waals surface area contributed by atoms with Gasteiger partial charge < -0.3 is 13.6 Å². The van der Waals surface area contributed by atoms with E-state index in [1.54, 1.807) is 0 Å². The van der Waals surface area contributed by atoms with Gasteiger partial charge in [0, 0.05) is 38.3 Å². The predicted molar refractivity (Wildman–Crippen MR) is 205 cm³/mol. The number of hydrogen-bond acceptors (Lipinski definition) is 1. The van der Waals surface area contributed by atoms with Gasteiger partial charge in [0.2, 0.25) is 0 Å². The largest absolute Gasteiger partial charge is 0.455 e. The maximum Gasteiger partial charge on any atom is 0.145 e. The summed E-state index contributed by atoms with van der Waals surface area (Å²) < 4.78 is 11.5. The molecule has 0 amide bonds. The van der Waals surface area contributed by atoms with Gasteiger partial charge in [0.05, 0.1) is 27.5 Å². The van der Waals surface area contributed by atoms with Crippen LogP contribution in [0.25, 0.3) is 98.8 Å². The maximum atomic E-state index is 6.67. The molecule has 3 nitrogen and oxygen atoms in total. The number of furan rings is 1. The van der Waals surface area contributed by atoms with Crippen LogP contribution in [0.3, 0.4) is 0 Å². The molecule has 11 aromatic rings. The molecular weight excluding hydrogens is 597 g/mol. The van der Waals surface area contributed by atoms with Crippen molar-refractivity contribution in [1.82, 2.24) is 9.13 Å². The van der Waals surface area contributed by atoms with Crippen LogP contribution < -0.4 is 0 Å². The predicted octanol–water partition coefficient (Wildman–Crippen LogP) is 12.6. The zero-order chi connectivity index (χ0) is 32.1. The smallest absolute Gasteiger partial charge is 0.145 e. The second kappa shape index (κ2) is 9.96. The first-order valence-electron chi connectivity index (χ1n) is 16.8. The van der Waals surface area contributed by atoms with Crippen LogP contribution in [0.1, 0.15) is 0 Å². The van der Waals surface area contributed by atoms with Crippen molar-refractivity contribution in [3.8, 4) is 22.5 Å². The van der Waals surface area contributed by atoms with Gasteiger partial charge in [-0.2, -0.15) is 0 Å². The van der Waals surface area contributed by atoms with Crippen LogP contribution in [0.4, 0.5) is 0 Å². The zero-order valence-corrected chi connectivity index (χ0v) is 26.5. The SMILES string of the molecule is c1ccc(-n2c3cc(-c4ccc5ccccc5c4)ccc3c3cc4c5c6oc7ccccc7c6ccc5n(-c5ccccc5)c4cc32)cc1. The van der Waals surface area contributed by atoms with Crippen LogP contribution in [-0.4, -0.2) is 9.13 Å². The number of benzene rings is 8. The first-order chi connectivity index (χ1) is 24.3. The van der Waals surface area contributed by atoms with E-state index in [2.05, 4.69) is 173 Å². The molecule has 11 rings (SSSR count). The summed E-state index contributed by atoms with van der Waals surface area (Å²) in [6.07, 6.45) is 0. The fraction of sp³-hybridized carbons (Fsp3) is 0. The molecule has 0 N–H and O–H groups in total. The Bertz CT molecular complexity index is 3090. The van der Waals surface area contributed by atoms with Crippen molar-refractivity contribution in [2.24, 2.45) is 0 Å². The summed E-state index contributed by atoms with van der Waals surface area (Å²) in [5, 5.41) is 9.55. The minimum absolute atomic E-state index is 0.911. The summed E-state index contributed by atoms with van der Waals surface area (Å²) in [5.74, 6) is 0. The van der Waals surface area contributed by atoms with Gasteiger partial charge >= 0.3 is 0 Å². The summed E-state index contributed by atoms with van der Waals surface area (Å²) in [7, 11) is 0. The quantitative estimate of drug-likeness (QED) is 0.192. The molecule has 49 heavy (non-hydrogen) atoms. The van der Waals surface area contributed by atoms with Gasteiger partial charge in [0.15, 0.2) is 0 Å². The molecule has 0 fully saturated rings. The van der Waals surface area contributed by atoms with Crippen molar-refractivity contribution >= 4 is 76.3 Å². The maximum absolute atomic E-state index is 6.67. The average molecular weight is 625 g/mol. The van der Waals surface area contributed by atoms with E-state index in [9.17, 15) is 0 Å². The van der Waals surface area contributed by atoms with Crippen molar-refractivity contribution < 1.29 is 4.42 Å². The van der Waals surface area contributed by atoms with E-state index in [1.807, 2.05) is 6.07 Å². The van der Waals surface area contributed by atoms with E-state index in [1.165, 1.54) is 49.1 Å². The van der Waals surface area contributed by atoms with E-state index < -0.39 is 0 Å². The molecule has 0 bridgehead atoms. The lowest BCUT2D eigenvalue weighted by atomic mass is 10.00. The molecule has 0 aliphatic carbocycles. The van der Waals surface area contributed by atoms with Gasteiger partial charge in [-0.15, -0.1) is 0 Å². The lowest BCUT2D eigenvalue weighted by molar-refractivity contribution is 0.673. The fourth-order valence-corrected chi connectivity index (χ4v) is 8.05. The lowest BCUT2D eigenvalue weighted by Crippen LogP contribution is -1.95. The zero-order valence-electron chi connectivity index (χ0n) is 26.5. The van der Waals surface area contributed by atoms with Gasteiger partial charge in [-0.05, 0) is 88.6 Å². The molecule has 3 aromatic heterocycles. The Morgan fingerprint density at radius 3 is 1.78 bits per heavy atom. The highest BCUT2D eigenvalue weighted by Gasteiger charge is 2.22. The van der Waals surface area contributed by atoms with Gasteiger partial charge in [-0.25, -0.2) is 0 Å². The van der Waals surface area contributed by atoms with Crippen LogP contribution in [0.5, 0.6) is 0 Å². The molecule has 228 valence electrons. The highest BCUT2D eigenvalue weighted by atomic mass is 16.3. The fourth-order valence-electron chi connectivity index (χ4n) is 8.05. The van der Waals surface area contributed by atoms with Gasteiger partial charge in [-0.3, -0.25) is 0 Å². The Morgan fingerprint density at radius 2 is 0.959 bits per heavy atom. The molecule has 0 aliphatic heterocycles. The van der Waals surface area contributed by atoms with E-state index >= 15 is 0 Å². The number of aromatic nitrogens is 2. The summed E-state index contributed by atoms with van der Waals surface area (Å²) in [6, 6.07) is 61.3. The van der Waals surface area contributed by atoms with Crippen LogP contribution in [0.15, 0.2) is 174 Å². The van der Waals surface area contributed by atoms with E-state index in [-0.39, 0.29) is 0 Å². The molecule has 0 atom stereocenters. The van der Waals surface area contributed by atoms with Gasteiger partial charge in [0.25, 0.3) is 0 Å². The molecule has 0 aliphatic rings. The highest BCUT2D eigenvalue weighted by molar-refractivity contribution is 6.27. The molecule has 0 saturated heterocycles. The lowest BCUT2D eigenvalue weighted by Gasteiger charge is -2.10. The third-order valence-electron chi connectivity index (χ3n) is 10.3. The highest BCUT2D eigenvalue weighted by Crippen LogP contribution is 2.44. The average Bonchev–Trinajstić information content (AvgIpc) is 3.81. The van der Waals surface area contributed by atoms with Crippen LogP contribution in [-0.2, 0) is 0 Å². The Morgan fingerprint density at radius 1 is 0.347 bits per heavy atom. The Hall–Kier alpha value is -6.58. The molecule has 0 radical (unpaired) electrons. The van der Waals surface area contributed by atoms with E-state index in [0.29, 0.717) is 0 Å². The van der Waals surface area contributed by atoms with E-state index in [4.69, 9.17) is 4.42 Å². The van der Waals surface area contributed by atoms with Crippen molar-refractivity contribution in [1.29, 1.82) is 0 Å². The Balaban J connectivity index is 1.28. The summed E-state index contributed by atoms with van der Waals surface area (Å²) in [5.41, 5.74) is 11.2. The minimum Gasteiger partial charge on any atom is -0.455 e. The first kappa shape index (κ1) is 26.5. The van der Waals surface area contributed by atoms with Gasteiger partial charge in [-0.1, -0.05) is 103 Å². The number of nitrogens with zero attached hydrogens (tertiary/aromatic N) is 2. The van der Waals surface area contributed by atoms with Crippen molar-refractivity contribution in [3.63, 3.8) is 0 Å². The molecule has 8 aromatic carbocycles. The Kier molecular flexibility index (Phi) is 5.38. The number of para-hydroxylation sites is 3. The van der Waals surface area contributed by atoms with Crippen LogP contribution in [0.2, 0.25) is 0 Å². The Labute approximate surface area is 281 Å². The van der Waals surface area contributed by atoms with Crippen molar-refractivity contribution in [2.75, 3.05) is 0 Å². The monoisotopic (exact) mass is 624 g/mol. The van der Waals surface area contributed by atoms with Gasteiger partial charge in [0.1, 0.15) is 11.2 Å². The summed E-state index contributed by atoms with van der Waals surface area (Å²) in [4.78, 5) is 0. The second-order valence-corrected chi connectivity index (χ2v) is 13.0. The first-order valence-corrected chi connectivity index (χ1v) is 16.8. The van der Waals surface area contributed by atoms with Crippen LogP contribution in [0, 0.1) is 0 Å². The minimum atomic E-state index is 0.911.